The molecule has 0 atom stereocenters. The van der Waals surface area contributed by atoms with Crippen LogP contribution >= 0.6 is 0 Å². The van der Waals surface area contributed by atoms with Gasteiger partial charge in [0.25, 0.3) is 0 Å². The monoisotopic (exact) mass is 395 g/mol. The van der Waals surface area contributed by atoms with E-state index in [0.29, 0.717) is 35.6 Å². The molecule has 0 bridgehead atoms. The van der Waals surface area contributed by atoms with Gasteiger partial charge < -0.3 is 4.74 Å². The molecule has 0 saturated carbocycles. The van der Waals surface area contributed by atoms with Crippen LogP contribution in [0.1, 0.15) is 39.0 Å². The van der Waals surface area contributed by atoms with Crippen LogP contribution in [0.4, 0.5) is 13.2 Å². The zero-order valence-corrected chi connectivity index (χ0v) is 15.2. The molecular formula is C23H16F3NO2. The van der Waals surface area contributed by atoms with Gasteiger partial charge in [0.15, 0.2) is 5.78 Å². The van der Waals surface area contributed by atoms with Crippen LogP contribution in [0.5, 0.6) is 11.6 Å². The highest BCUT2D eigenvalue weighted by Gasteiger charge is 2.29. The van der Waals surface area contributed by atoms with Crippen molar-refractivity contribution in [2.45, 2.75) is 19.0 Å². The lowest BCUT2D eigenvalue weighted by Gasteiger charge is -2.09. The molecule has 0 N–H and O–H groups in total. The molecule has 6 heteroatoms. The average Bonchev–Trinajstić information content (AvgIpc) is 3.09. The molecule has 1 aromatic heterocycles. The van der Waals surface area contributed by atoms with E-state index in [1.165, 1.54) is 12.1 Å². The van der Waals surface area contributed by atoms with Crippen molar-refractivity contribution in [3.63, 3.8) is 0 Å². The summed E-state index contributed by atoms with van der Waals surface area (Å²) >= 11 is 0. The zero-order valence-electron chi connectivity index (χ0n) is 15.2. The summed E-state index contributed by atoms with van der Waals surface area (Å²) < 4.78 is 43.6. The quantitative estimate of drug-likeness (QED) is 0.529. The van der Waals surface area contributed by atoms with E-state index < -0.39 is 11.7 Å². The number of benzene rings is 2. The lowest BCUT2D eigenvalue weighted by molar-refractivity contribution is -0.137. The van der Waals surface area contributed by atoms with Gasteiger partial charge in [0.1, 0.15) is 5.75 Å². The van der Waals surface area contributed by atoms with Crippen LogP contribution in [-0.4, -0.2) is 10.8 Å². The van der Waals surface area contributed by atoms with E-state index >= 15 is 0 Å². The zero-order chi connectivity index (χ0) is 20.4. The molecule has 0 aliphatic heterocycles. The van der Waals surface area contributed by atoms with Gasteiger partial charge in [0.05, 0.1) is 5.56 Å². The van der Waals surface area contributed by atoms with Crippen LogP contribution in [0, 0.1) is 0 Å². The standard InChI is InChI=1S/C23H16F3NO2/c24-23(25,26)17-9-6-15(7-10-17)4-5-16-8-13-22(27-14-16)29-21-3-1-2-18-19(21)11-12-20(18)28/h1-10,13-14H,11-12H2/b5-4+. The topological polar surface area (TPSA) is 39.2 Å². The number of halogens is 3. The Hall–Kier alpha value is -3.41. The van der Waals surface area contributed by atoms with Gasteiger partial charge in [-0.05, 0) is 41.8 Å². The normalized spacial score (nSPS) is 13.7. The molecule has 0 amide bonds. The van der Waals surface area contributed by atoms with Crippen molar-refractivity contribution in [3.8, 4) is 11.6 Å². The number of alkyl halides is 3. The summed E-state index contributed by atoms with van der Waals surface area (Å²) in [5.41, 5.74) is 2.38. The number of aromatic nitrogens is 1. The van der Waals surface area contributed by atoms with Crippen LogP contribution in [0.25, 0.3) is 12.2 Å². The summed E-state index contributed by atoms with van der Waals surface area (Å²) in [6, 6.07) is 13.9. The largest absolute Gasteiger partial charge is 0.439 e. The number of nitrogens with zero attached hydrogens (tertiary/aromatic N) is 1. The van der Waals surface area contributed by atoms with Gasteiger partial charge in [-0.1, -0.05) is 36.4 Å². The van der Waals surface area contributed by atoms with Crippen molar-refractivity contribution in [2.75, 3.05) is 0 Å². The van der Waals surface area contributed by atoms with Gasteiger partial charge in [-0.3, -0.25) is 4.79 Å². The molecule has 0 radical (unpaired) electrons. The van der Waals surface area contributed by atoms with E-state index in [1.54, 1.807) is 42.6 Å². The molecule has 0 spiro atoms. The van der Waals surface area contributed by atoms with Crippen molar-refractivity contribution in [1.82, 2.24) is 4.98 Å². The number of hydrogen-bond acceptors (Lipinski definition) is 3. The Kier molecular flexibility index (Phi) is 4.92. The maximum absolute atomic E-state index is 12.6. The predicted molar refractivity (Wildman–Crippen MR) is 104 cm³/mol. The number of Topliss-reactive ketones (excluding diaryl/α,β-unsaturated/α-hetero) is 1. The van der Waals surface area contributed by atoms with Crippen LogP contribution in [0.2, 0.25) is 0 Å². The second kappa shape index (κ2) is 7.54. The van der Waals surface area contributed by atoms with Crippen molar-refractivity contribution < 1.29 is 22.7 Å². The van der Waals surface area contributed by atoms with Crippen LogP contribution < -0.4 is 4.74 Å². The van der Waals surface area contributed by atoms with Crippen molar-refractivity contribution in [1.29, 1.82) is 0 Å². The molecular weight excluding hydrogens is 379 g/mol. The second-order valence-corrected chi connectivity index (χ2v) is 6.69. The van der Waals surface area contributed by atoms with Crippen molar-refractivity contribution >= 4 is 17.9 Å². The van der Waals surface area contributed by atoms with E-state index in [1.807, 2.05) is 6.07 Å². The summed E-state index contributed by atoms with van der Waals surface area (Å²) in [4.78, 5) is 16.1. The summed E-state index contributed by atoms with van der Waals surface area (Å²) in [5, 5.41) is 0. The Balaban J connectivity index is 1.45. The number of carbonyl (C=O) groups is 1. The number of hydrogen-bond donors (Lipinski definition) is 0. The minimum absolute atomic E-state index is 0.127. The first kappa shape index (κ1) is 18.9. The Labute approximate surface area is 165 Å². The Morgan fingerprint density at radius 3 is 2.31 bits per heavy atom. The Morgan fingerprint density at radius 2 is 1.62 bits per heavy atom. The third-order valence-corrected chi connectivity index (χ3v) is 4.72. The first-order chi connectivity index (χ1) is 13.9. The smallest absolute Gasteiger partial charge is 0.416 e. The maximum Gasteiger partial charge on any atom is 0.416 e. The highest BCUT2D eigenvalue weighted by Crippen LogP contribution is 2.33. The minimum atomic E-state index is -4.34. The van der Waals surface area contributed by atoms with Gasteiger partial charge in [0.2, 0.25) is 5.88 Å². The maximum atomic E-state index is 12.6. The molecule has 4 rings (SSSR count). The fourth-order valence-corrected chi connectivity index (χ4v) is 3.19. The number of pyridine rings is 1. The minimum Gasteiger partial charge on any atom is -0.439 e. The predicted octanol–water partition coefficient (Wildman–Crippen LogP) is 6.19. The van der Waals surface area contributed by atoms with Gasteiger partial charge in [0, 0.05) is 29.8 Å². The molecule has 3 nitrogen and oxygen atoms in total. The van der Waals surface area contributed by atoms with Crippen LogP contribution in [0.3, 0.4) is 0 Å². The number of ketones is 1. The van der Waals surface area contributed by atoms with Crippen LogP contribution in [-0.2, 0) is 12.6 Å². The first-order valence-corrected chi connectivity index (χ1v) is 9.04. The Bertz CT molecular complexity index is 1070. The van der Waals surface area contributed by atoms with E-state index in [0.717, 1.165) is 23.3 Å². The summed E-state index contributed by atoms with van der Waals surface area (Å²) in [6.07, 6.45) is 1.92. The summed E-state index contributed by atoms with van der Waals surface area (Å²) in [6.45, 7) is 0. The lowest BCUT2D eigenvalue weighted by atomic mass is 10.1. The molecule has 2 aromatic carbocycles. The van der Waals surface area contributed by atoms with Gasteiger partial charge in [-0.2, -0.15) is 13.2 Å². The summed E-state index contributed by atoms with van der Waals surface area (Å²) in [7, 11) is 0. The fourth-order valence-electron chi connectivity index (χ4n) is 3.19. The van der Waals surface area contributed by atoms with Gasteiger partial charge in [-0.15, -0.1) is 0 Å². The molecule has 1 heterocycles. The molecule has 1 aliphatic rings. The van der Waals surface area contributed by atoms with E-state index in [9.17, 15) is 18.0 Å². The molecule has 0 unspecified atom stereocenters. The third-order valence-electron chi connectivity index (χ3n) is 4.72. The number of rotatable bonds is 4. The fraction of sp³-hybridized carbons (Fsp3) is 0.130. The number of carbonyl (C=O) groups excluding carboxylic acids is 1. The highest BCUT2D eigenvalue weighted by atomic mass is 19.4. The number of ether oxygens (including phenoxy) is 1. The van der Waals surface area contributed by atoms with E-state index in [-0.39, 0.29) is 5.78 Å². The summed E-state index contributed by atoms with van der Waals surface area (Å²) in [5.74, 6) is 1.17. The first-order valence-electron chi connectivity index (χ1n) is 9.04. The third kappa shape index (κ3) is 4.21. The van der Waals surface area contributed by atoms with Gasteiger partial charge in [-0.25, -0.2) is 4.98 Å². The molecule has 29 heavy (non-hydrogen) atoms. The molecule has 0 saturated heterocycles. The Morgan fingerprint density at radius 1 is 0.897 bits per heavy atom. The lowest BCUT2D eigenvalue weighted by Crippen LogP contribution is -2.03. The van der Waals surface area contributed by atoms with Crippen molar-refractivity contribution in [2.24, 2.45) is 0 Å². The molecule has 3 aromatic rings. The van der Waals surface area contributed by atoms with Crippen molar-refractivity contribution in [3.05, 3.63) is 88.6 Å². The molecule has 1 aliphatic carbocycles. The highest BCUT2D eigenvalue weighted by molar-refractivity contribution is 6.01. The molecule has 0 fully saturated rings. The number of fused-ring (bicyclic) bond motifs is 1. The molecule has 146 valence electrons. The van der Waals surface area contributed by atoms with Gasteiger partial charge >= 0.3 is 6.18 Å². The van der Waals surface area contributed by atoms with E-state index in [4.69, 9.17) is 4.74 Å². The van der Waals surface area contributed by atoms with E-state index in [2.05, 4.69) is 4.98 Å². The average molecular weight is 395 g/mol. The second-order valence-electron chi connectivity index (χ2n) is 6.69. The van der Waals surface area contributed by atoms with Crippen LogP contribution in [0.15, 0.2) is 60.8 Å². The SMILES string of the molecule is O=C1CCc2c(Oc3ccc(/C=C/c4ccc(C(F)(F)F)cc4)cn3)cccc21.